The van der Waals surface area contributed by atoms with E-state index in [4.69, 9.17) is 14.0 Å². The molecule has 0 saturated carbocycles. The smallest absolute Gasteiger partial charge is 0.453 e. The van der Waals surface area contributed by atoms with Crippen molar-refractivity contribution in [1.29, 1.82) is 0 Å². The molecule has 10 heteroatoms. The number of nitrogens with one attached hydrogen (secondary N) is 2. The number of rotatable bonds is 8. The first kappa shape index (κ1) is 26.9. The number of ether oxygens (including phenoxy) is 1. The Morgan fingerprint density at radius 3 is 2.09 bits per heavy atom. The Kier molecular flexibility index (Phi) is 8.64. The number of hydrogen-bond donors (Lipinski definition) is 3. The third-order valence-electron chi connectivity index (χ3n) is 7.04. The SMILES string of the molecule is COC(=O)NC(C(C)C)[C@H](O)N1CCC[C@H]1C(=O)N[C@H](B1OC(C)(C)C(C)(C)O1)C(C)C. The van der Waals surface area contributed by atoms with Gasteiger partial charge in [0.25, 0.3) is 0 Å². The molecular formula is C22H42BN3O6. The quantitative estimate of drug-likeness (QED) is 0.480. The molecule has 0 aromatic rings. The molecule has 2 aliphatic heterocycles. The summed E-state index contributed by atoms with van der Waals surface area (Å²) >= 11 is 0. The van der Waals surface area contributed by atoms with Crippen molar-refractivity contribution in [3.63, 3.8) is 0 Å². The Hall–Kier alpha value is -1.36. The maximum Gasteiger partial charge on any atom is 0.482 e. The zero-order chi connectivity index (χ0) is 24.4. The van der Waals surface area contributed by atoms with Crippen molar-refractivity contribution in [3.05, 3.63) is 0 Å². The number of hydrogen-bond acceptors (Lipinski definition) is 7. The minimum Gasteiger partial charge on any atom is -0.453 e. The largest absolute Gasteiger partial charge is 0.482 e. The number of amides is 2. The predicted molar refractivity (Wildman–Crippen MR) is 123 cm³/mol. The summed E-state index contributed by atoms with van der Waals surface area (Å²) in [6.45, 7) is 16.4. The van der Waals surface area contributed by atoms with Crippen LogP contribution in [-0.2, 0) is 18.8 Å². The lowest BCUT2D eigenvalue weighted by Gasteiger charge is -2.36. The average molecular weight is 455 g/mol. The van der Waals surface area contributed by atoms with Crippen LogP contribution in [-0.4, -0.2) is 78.2 Å². The molecule has 0 bridgehead atoms. The van der Waals surface area contributed by atoms with Gasteiger partial charge >= 0.3 is 13.2 Å². The third-order valence-corrected chi connectivity index (χ3v) is 7.04. The second-order valence-corrected chi connectivity index (χ2v) is 10.6. The van der Waals surface area contributed by atoms with Crippen molar-refractivity contribution in [2.45, 2.75) is 104 Å². The maximum atomic E-state index is 13.3. The normalized spacial score (nSPS) is 25.6. The van der Waals surface area contributed by atoms with Gasteiger partial charge in [0.05, 0.1) is 36.3 Å². The molecule has 2 heterocycles. The lowest BCUT2D eigenvalue weighted by molar-refractivity contribution is -0.131. The second-order valence-electron chi connectivity index (χ2n) is 10.6. The van der Waals surface area contributed by atoms with Crippen molar-refractivity contribution < 1.29 is 28.7 Å². The van der Waals surface area contributed by atoms with E-state index in [1.165, 1.54) is 7.11 Å². The minimum atomic E-state index is -1.01. The molecule has 1 unspecified atom stereocenters. The third kappa shape index (κ3) is 5.76. The number of aliphatic hydroxyl groups excluding tert-OH is 1. The molecule has 2 aliphatic rings. The van der Waals surface area contributed by atoms with Crippen molar-refractivity contribution in [3.8, 4) is 0 Å². The number of aliphatic hydroxyl groups is 1. The van der Waals surface area contributed by atoms with Gasteiger partial charge in [-0.1, -0.05) is 27.7 Å². The van der Waals surface area contributed by atoms with Gasteiger partial charge < -0.3 is 29.8 Å². The molecule has 184 valence electrons. The molecule has 0 aliphatic carbocycles. The molecule has 3 N–H and O–H groups in total. The van der Waals surface area contributed by atoms with Crippen LogP contribution in [0.4, 0.5) is 4.79 Å². The highest BCUT2D eigenvalue weighted by Crippen LogP contribution is 2.38. The van der Waals surface area contributed by atoms with Crippen LogP contribution in [0.2, 0.25) is 0 Å². The Bertz CT molecular complexity index is 656. The topological polar surface area (TPSA) is 109 Å². The van der Waals surface area contributed by atoms with Gasteiger partial charge in [-0.05, 0) is 52.4 Å². The highest BCUT2D eigenvalue weighted by molar-refractivity contribution is 6.48. The van der Waals surface area contributed by atoms with Crippen LogP contribution < -0.4 is 10.6 Å². The number of nitrogens with zero attached hydrogens (tertiary/aromatic N) is 1. The summed E-state index contributed by atoms with van der Waals surface area (Å²) in [6, 6.07) is -1.07. The summed E-state index contributed by atoms with van der Waals surface area (Å²) in [4.78, 5) is 26.9. The van der Waals surface area contributed by atoms with Gasteiger partial charge in [0.2, 0.25) is 5.91 Å². The van der Waals surface area contributed by atoms with Gasteiger partial charge in [-0.2, -0.15) is 0 Å². The van der Waals surface area contributed by atoms with Crippen LogP contribution >= 0.6 is 0 Å². The molecule has 9 nitrogen and oxygen atoms in total. The van der Waals surface area contributed by atoms with E-state index in [0.717, 1.165) is 6.42 Å². The summed E-state index contributed by atoms with van der Waals surface area (Å²) < 4.78 is 17.1. The number of methoxy groups -OCH3 is 1. The molecule has 32 heavy (non-hydrogen) atoms. The molecule has 2 amide bonds. The summed E-state index contributed by atoms with van der Waals surface area (Å²) in [6.07, 6.45) is -0.216. The fourth-order valence-corrected chi connectivity index (χ4v) is 4.22. The highest BCUT2D eigenvalue weighted by Gasteiger charge is 2.55. The number of carbonyl (C=O) groups is 2. The lowest BCUT2D eigenvalue weighted by Crippen LogP contribution is -2.60. The summed E-state index contributed by atoms with van der Waals surface area (Å²) in [5.74, 6) is -0.479. The van der Waals surface area contributed by atoms with Crippen molar-refractivity contribution >= 4 is 19.1 Å². The average Bonchev–Trinajstić information content (AvgIpc) is 3.25. The first-order chi connectivity index (χ1) is 14.7. The molecule has 0 aromatic carbocycles. The van der Waals surface area contributed by atoms with E-state index in [9.17, 15) is 14.7 Å². The molecule has 0 spiro atoms. The van der Waals surface area contributed by atoms with E-state index in [1.807, 2.05) is 55.4 Å². The van der Waals surface area contributed by atoms with Crippen LogP contribution in [0, 0.1) is 11.8 Å². The van der Waals surface area contributed by atoms with Crippen LogP contribution in [0.25, 0.3) is 0 Å². The van der Waals surface area contributed by atoms with Crippen LogP contribution in [0.5, 0.6) is 0 Å². The maximum absolute atomic E-state index is 13.3. The van der Waals surface area contributed by atoms with E-state index < -0.39 is 42.7 Å². The van der Waals surface area contributed by atoms with Gasteiger partial charge in [-0.3, -0.25) is 9.69 Å². The van der Waals surface area contributed by atoms with Gasteiger partial charge in [0.15, 0.2) is 0 Å². The molecular weight excluding hydrogens is 413 g/mol. The van der Waals surface area contributed by atoms with E-state index in [1.54, 1.807) is 4.90 Å². The van der Waals surface area contributed by atoms with E-state index in [0.29, 0.717) is 13.0 Å². The fraction of sp³-hybridized carbons (Fsp3) is 0.909. The standard InChI is InChI=1S/C22H42BN3O6/c1-13(2)16(24-20(29)30-9)19(28)26-12-10-11-15(26)18(27)25-17(14(3)4)23-31-21(5,6)22(7,8)32-23/h13-17,19,28H,10-12H2,1-9H3,(H,24,29)(H,25,27)/t15-,16?,17-,19-/m0/s1. The predicted octanol–water partition coefficient (Wildman–Crippen LogP) is 1.92. The molecule has 2 saturated heterocycles. The molecule has 2 fully saturated rings. The monoisotopic (exact) mass is 455 g/mol. The van der Waals surface area contributed by atoms with Crippen LogP contribution in [0.1, 0.15) is 68.2 Å². The van der Waals surface area contributed by atoms with E-state index >= 15 is 0 Å². The highest BCUT2D eigenvalue weighted by atomic mass is 16.7. The molecule has 2 rings (SSSR count). The summed E-state index contributed by atoms with van der Waals surface area (Å²) in [5, 5.41) is 16.9. The van der Waals surface area contributed by atoms with E-state index in [2.05, 4.69) is 10.6 Å². The molecule has 0 aromatic heterocycles. The Balaban J connectivity index is 2.14. The second kappa shape index (κ2) is 10.3. The zero-order valence-corrected chi connectivity index (χ0v) is 21.1. The van der Waals surface area contributed by atoms with Crippen molar-refractivity contribution in [2.75, 3.05) is 13.7 Å². The first-order valence-corrected chi connectivity index (χ1v) is 11.7. The lowest BCUT2D eigenvalue weighted by atomic mass is 9.72. The van der Waals surface area contributed by atoms with Gasteiger partial charge in [-0.15, -0.1) is 0 Å². The number of carbonyl (C=O) groups excluding carboxylic acids is 2. The van der Waals surface area contributed by atoms with Crippen LogP contribution in [0.15, 0.2) is 0 Å². The fourth-order valence-electron chi connectivity index (χ4n) is 4.22. The zero-order valence-electron chi connectivity index (χ0n) is 21.1. The Morgan fingerprint density at radius 1 is 1.06 bits per heavy atom. The van der Waals surface area contributed by atoms with Crippen molar-refractivity contribution in [1.82, 2.24) is 15.5 Å². The Labute approximate surface area is 193 Å². The van der Waals surface area contributed by atoms with Gasteiger partial charge in [-0.25, -0.2) is 4.79 Å². The van der Waals surface area contributed by atoms with Gasteiger partial charge in [0, 0.05) is 6.54 Å². The summed E-state index contributed by atoms with van der Waals surface area (Å²) in [5.41, 5.74) is -0.982. The van der Waals surface area contributed by atoms with Gasteiger partial charge in [0.1, 0.15) is 6.23 Å². The molecule has 0 radical (unpaired) electrons. The first-order valence-electron chi connectivity index (χ1n) is 11.7. The number of alkyl carbamates (subject to hydrolysis) is 1. The minimum absolute atomic E-state index is 0.0541. The summed E-state index contributed by atoms with van der Waals surface area (Å²) in [7, 11) is 0.723. The molecule has 4 atom stereocenters. The van der Waals surface area contributed by atoms with Crippen molar-refractivity contribution in [2.24, 2.45) is 11.8 Å². The van der Waals surface area contributed by atoms with E-state index in [-0.39, 0.29) is 23.7 Å². The Morgan fingerprint density at radius 2 is 1.62 bits per heavy atom. The number of likely N-dealkylation sites (tertiary alicyclic amines) is 1. The van der Waals surface area contributed by atoms with Crippen LogP contribution in [0.3, 0.4) is 0 Å².